The lowest BCUT2D eigenvalue weighted by atomic mass is 10.1. The number of phenols is 1. The zero-order valence-corrected chi connectivity index (χ0v) is 8.88. The Labute approximate surface area is 90.6 Å². The molecule has 0 unspecified atom stereocenters. The van der Waals surface area contributed by atoms with E-state index in [1.165, 1.54) is 6.07 Å². The first kappa shape index (κ1) is 11.8. The maximum Gasteiger partial charge on any atom is 0.264 e. The lowest BCUT2D eigenvalue weighted by Crippen LogP contribution is -1.97. The molecule has 0 saturated heterocycles. The van der Waals surface area contributed by atoms with Crippen LogP contribution < -0.4 is 0 Å². The van der Waals surface area contributed by atoms with E-state index in [0.717, 1.165) is 6.07 Å². The largest absolute Gasteiger partial charge is 0.506 e. The van der Waals surface area contributed by atoms with E-state index in [-0.39, 0.29) is 11.1 Å². The summed E-state index contributed by atoms with van der Waals surface area (Å²) in [6.07, 6.45) is 0. The smallest absolute Gasteiger partial charge is 0.264 e. The van der Waals surface area contributed by atoms with Gasteiger partial charge in [0.1, 0.15) is 10.6 Å². The summed E-state index contributed by atoms with van der Waals surface area (Å²) in [7, 11) is 0.947. The molecule has 0 atom stereocenters. The molecular formula is C8H6ClNO4S. The van der Waals surface area contributed by atoms with E-state index in [4.69, 9.17) is 21.1 Å². The van der Waals surface area contributed by atoms with Gasteiger partial charge in [-0.1, -0.05) is 0 Å². The second-order valence-corrected chi connectivity index (χ2v) is 5.18. The number of nitrogens with zero attached hydrogens (tertiary/aromatic N) is 1. The van der Waals surface area contributed by atoms with E-state index in [1.807, 2.05) is 0 Å². The maximum atomic E-state index is 11.0. The van der Waals surface area contributed by atoms with Gasteiger partial charge in [-0.2, -0.15) is 5.26 Å². The fraction of sp³-hybridized carbons (Fsp3) is 0.125. The van der Waals surface area contributed by atoms with Crippen LogP contribution in [-0.4, -0.2) is 18.6 Å². The molecular weight excluding hydrogens is 242 g/mol. The molecule has 7 heteroatoms. The Morgan fingerprint density at radius 3 is 2.47 bits per heavy atom. The highest BCUT2D eigenvalue weighted by Crippen LogP contribution is 2.31. The van der Waals surface area contributed by atoms with E-state index >= 15 is 0 Å². The quantitative estimate of drug-likeness (QED) is 0.749. The standard InChI is InChI=1S/C8H6ClNO4S/c9-15(13,14)7-2-1-5(3-10)6(4-11)8(7)12/h1-2,11-12H,4H2. The minimum atomic E-state index is -4.09. The molecule has 0 aliphatic heterocycles. The average Bonchev–Trinajstić information content (AvgIpc) is 2.15. The molecule has 0 bridgehead atoms. The van der Waals surface area contributed by atoms with E-state index in [2.05, 4.69) is 0 Å². The normalized spacial score (nSPS) is 11.0. The number of hydrogen-bond donors (Lipinski definition) is 2. The first-order valence-electron chi connectivity index (χ1n) is 3.72. The number of aliphatic hydroxyl groups is 1. The van der Waals surface area contributed by atoms with Crippen LogP contribution in [0.3, 0.4) is 0 Å². The van der Waals surface area contributed by atoms with E-state index in [0.29, 0.717) is 0 Å². The van der Waals surface area contributed by atoms with Gasteiger partial charge in [0.15, 0.2) is 0 Å². The Morgan fingerprint density at radius 2 is 2.07 bits per heavy atom. The van der Waals surface area contributed by atoms with Crippen molar-refractivity contribution in [1.29, 1.82) is 5.26 Å². The minimum absolute atomic E-state index is 0.000864. The molecule has 80 valence electrons. The van der Waals surface area contributed by atoms with E-state index in [1.54, 1.807) is 6.07 Å². The average molecular weight is 248 g/mol. The van der Waals surface area contributed by atoms with E-state index < -0.39 is 26.3 Å². The molecule has 0 spiro atoms. The zero-order valence-electron chi connectivity index (χ0n) is 7.31. The molecule has 5 nitrogen and oxygen atoms in total. The summed E-state index contributed by atoms with van der Waals surface area (Å²) in [4.78, 5) is -0.521. The summed E-state index contributed by atoms with van der Waals surface area (Å²) in [5.74, 6) is -0.688. The number of aliphatic hydroxyl groups excluding tert-OH is 1. The number of nitriles is 1. The summed E-state index contributed by atoms with van der Waals surface area (Å²) < 4.78 is 21.9. The summed E-state index contributed by atoms with van der Waals surface area (Å²) in [5, 5.41) is 26.9. The summed E-state index contributed by atoms with van der Waals surface area (Å²) in [6, 6.07) is 3.88. The Morgan fingerprint density at radius 1 is 1.47 bits per heavy atom. The van der Waals surface area contributed by atoms with Crippen molar-refractivity contribution in [2.24, 2.45) is 0 Å². The molecule has 0 fully saturated rings. The van der Waals surface area contributed by atoms with E-state index in [9.17, 15) is 13.5 Å². The van der Waals surface area contributed by atoms with Crippen molar-refractivity contribution in [3.05, 3.63) is 23.3 Å². The van der Waals surface area contributed by atoms with Crippen LogP contribution >= 0.6 is 10.7 Å². The van der Waals surface area contributed by atoms with Crippen molar-refractivity contribution in [3.63, 3.8) is 0 Å². The highest BCUT2D eigenvalue weighted by molar-refractivity contribution is 8.13. The first-order valence-corrected chi connectivity index (χ1v) is 6.03. The highest BCUT2D eigenvalue weighted by Gasteiger charge is 2.20. The molecule has 1 aromatic carbocycles. The first-order chi connectivity index (χ1) is 6.91. The Balaban J connectivity index is 3.59. The van der Waals surface area contributed by atoms with Crippen molar-refractivity contribution >= 4 is 19.7 Å². The third kappa shape index (κ3) is 2.21. The molecule has 0 saturated carbocycles. The molecule has 0 amide bonds. The SMILES string of the molecule is N#Cc1ccc(S(=O)(=O)Cl)c(O)c1CO. The fourth-order valence-electron chi connectivity index (χ4n) is 1.08. The topological polar surface area (TPSA) is 98.4 Å². The van der Waals surface area contributed by atoms with Gasteiger partial charge in [-0.3, -0.25) is 0 Å². The van der Waals surface area contributed by atoms with Gasteiger partial charge in [-0.25, -0.2) is 8.42 Å². The molecule has 0 heterocycles. The number of hydrogen-bond acceptors (Lipinski definition) is 5. The molecule has 2 N–H and O–H groups in total. The van der Waals surface area contributed by atoms with Gasteiger partial charge < -0.3 is 10.2 Å². The summed E-state index contributed by atoms with van der Waals surface area (Å²) in [6.45, 7) is -0.644. The van der Waals surface area contributed by atoms with Gasteiger partial charge in [0, 0.05) is 16.2 Å². The van der Waals surface area contributed by atoms with Crippen LogP contribution in [0.5, 0.6) is 5.75 Å². The van der Waals surface area contributed by atoms with Crippen molar-refractivity contribution in [2.45, 2.75) is 11.5 Å². The van der Waals surface area contributed by atoms with Gasteiger partial charge >= 0.3 is 0 Å². The molecule has 0 radical (unpaired) electrons. The van der Waals surface area contributed by atoms with Gasteiger partial charge in [-0.05, 0) is 12.1 Å². The number of aromatic hydroxyl groups is 1. The molecule has 15 heavy (non-hydrogen) atoms. The third-order valence-electron chi connectivity index (χ3n) is 1.79. The Bertz CT molecular complexity index is 532. The predicted octanol–water partition coefficient (Wildman–Crippen LogP) is 0.684. The third-order valence-corrected chi connectivity index (χ3v) is 3.14. The summed E-state index contributed by atoms with van der Waals surface area (Å²) in [5.41, 5.74) is -0.154. The molecule has 0 aliphatic carbocycles. The van der Waals surface area contributed by atoms with Crippen LogP contribution in [0, 0.1) is 11.3 Å². The van der Waals surface area contributed by atoms with Crippen LogP contribution in [0.25, 0.3) is 0 Å². The van der Waals surface area contributed by atoms with Gasteiger partial charge in [0.25, 0.3) is 9.05 Å². The minimum Gasteiger partial charge on any atom is -0.506 e. The zero-order chi connectivity index (χ0) is 11.6. The van der Waals surface area contributed by atoms with Crippen molar-refractivity contribution in [1.82, 2.24) is 0 Å². The predicted molar refractivity (Wildman–Crippen MR) is 51.8 cm³/mol. The van der Waals surface area contributed by atoms with Crippen molar-refractivity contribution < 1.29 is 18.6 Å². The molecule has 1 aromatic rings. The monoisotopic (exact) mass is 247 g/mol. The summed E-state index contributed by atoms with van der Waals surface area (Å²) >= 11 is 0. The van der Waals surface area contributed by atoms with Crippen LogP contribution in [0.1, 0.15) is 11.1 Å². The van der Waals surface area contributed by atoms with Crippen LogP contribution in [-0.2, 0) is 15.7 Å². The number of benzene rings is 1. The Hall–Kier alpha value is -1.29. The lowest BCUT2D eigenvalue weighted by Gasteiger charge is -2.06. The van der Waals surface area contributed by atoms with Crippen LogP contribution in [0.4, 0.5) is 0 Å². The second kappa shape index (κ2) is 4.06. The highest BCUT2D eigenvalue weighted by atomic mass is 35.7. The molecule has 0 aromatic heterocycles. The fourth-order valence-corrected chi connectivity index (χ4v) is 2.03. The molecule has 0 aliphatic rings. The number of rotatable bonds is 2. The van der Waals surface area contributed by atoms with Gasteiger partial charge in [0.05, 0.1) is 18.2 Å². The number of halogens is 1. The van der Waals surface area contributed by atoms with Gasteiger partial charge in [-0.15, -0.1) is 0 Å². The van der Waals surface area contributed by atoms with Crippen molar-refractivity contribution in [2.75, 3.05) is 0 Å². The van der Waals surface area contributed by atoms with Gasteiger partial charge in [0.2, 0.25) is 0 Å². The maximum absolute atomic E-state index is 11.0. The van der Waals surface area contributed by atoms with Crippen molar-refractivity contribution in [3.8, 4) is 11.8 Å². The molecule has 1 rings (SSSR count). The Kier molecular flexibility index (Phi) is 3.19. The lowest BCUT2D eigenvalue weighted by molar-refractivity contribution is 0.274. The van der Waals surface area contributed by atoms with Crippen LogP contribution in [0.2, 0.25) is 0 Å². The second-order valence-electron chi connectivity index (χ2n) is 2.65. The van der Waals surface area contributed by atoms with Crippen LogP contribution in [0.15, 0.2) is 17.0 Å².